The molecule has 18 heavy (non-hydrogen) atoms. The molecule has 1 unspecified atom stereocenters. The number of unbranched alkanes of at least 4 members (excludes halogenated alkanes) is 2. The highest BCUT2D eigenvalue weighted by Crippen LogP contribution is 2.08. The highest BCUT2D eigenvalue weighted by molar-refractivity contribution is 5.72. The van der Waals surface area contributed by atoms with E-state index in [4.69, 9.17) is 9.47 Å². The average Bonchev–Trinajstić information content (AvgIpc) is 2.29. The third-order valence-corrected chi connectivity index (χ3v) is 2.61. The molecule has 0 spiro atoms. The van der Waals surface area contributed by atoms with Gasteiger partial charge < -0.3 is 9.47 Å². The maximum Gasteiger partial charge on any atom is 0.306 e. The normalized spacial score (nSPS) is 11.9. The van der Waals surface area contributed by atoms with E-state index >= 15 is 0 Å². The molecule has 0 aromatic carbocycles. The van der Waals surface area contributed by atoms with Gasteiger partial charge in [-0.2, -0.15) is 0 Å². The minimum absolute atomic E-state index is 0.0216. The van der Waals surface area contributed by atoms with Crippen LogP contribution in [0.3, 0.4) is 0 Å². The third-order valence-electron chi connectivity index (χ3n) is 2.61. The first-order valence-electron chi connectivity index (χ1n) is 6.95. The van der Waals surface area contributed by atoms with Gasteiger partial charge in [0.2, 0.25) is 0 Å². The number of hydrogen-bond donors (Lipinski definition) is 0. The first-order valence-corrected chi connectivity index (χ1v) is 6.95. The van der Waals surface area contributed by atoms with Crippen LogP contribution in [0.5, 0.6) is 0 Å². The summed E-state index contributed by atoms with van der Waals surface area (Å²) in [5.41, 5.74) is 0. The van der Waals surface area contributed by atoms with Crippen molar-refractivity contribution in [2.75, 3.05) is 6.61 Å². The third kappa shape index (κ3) is 10.1. The van der Waals surface area contributed by atoms with Gasteiger partial charge in [0, 0.05) is 12.8 Å². The Morgan fingerprint density at radius 3 is 2.28 bits per heavy atom. The summed E-state index contributed by atoms with van der Waals surface area (Å²) in [6.07, 6.45) is 5.39. The van der Waals surface area contributed by atoms with E-state index in [1.165, 1.54) is 12.8 Å². The zero-order chi connectivity index (χ0) is 13.8. The van der Waals surface area contributed by atoms with E-state index in [0.717, 1.165) is 12.8 Å². The molecule has 106 valence electrons. The molecule has 0 aliphatic heterocycles. The van der Waals surface area contributed by atoms with E-state index in [1.54, 1.807) is 6.92 Å². The van der Waals surface area contributed by atoms with Gasteiger partial charge in [-0.3, -0.25) is 9.59 Å². The predicted molar refractivity (Wildman–Crippen MR) is 70.2 cm³/mol. The Morgan fingerprint density at radius 1 is 1.00 bits per heavy atom. The lowest BCUT2D eigenvalue weighted by atomic mass is 10.1. The molecule has 0 N–H and O–H groups in total. The number of carbonyl (C=O) groups excluding carboxylic acids is 2. The van der Waals surface area contributed by atoms with Crippen molar-refractivity contribution >= 4 is 11.9 Å². The Labute approximate surface area is 110 Å². The van der Waals surface area contributed by atoms with Crippen molar-refractivity contribution in [3.8, 4) is 0 Å². The lowest BCUT2D eigenvalue weighted by molar-refractivity contribution is -0.149. The smallest absolute Gasteiger partial charge is 0.306 e. The molecule has 0 aromatic heterocycles. The maximum absolute atomic E-state index is 11.5. The van der Waals surface area contributed by atoms with Crippen LogP contribution >= 0.6 is 0 Å². The van der Waals surface area contributed by atoms with E-state index < -0.39 is 0 Å². The van der Waals surface area contributed by atoms with Crippen LogP contribution in [0.25, 0.3) is 0 Å². The molecule has 0 saturated carbocycles. The van der Waals surface area contributed by atoms with Crippen LogP contribution in [0, 0.1) is 0 Å². The largest absolute Gasteiger partial charge is 0.466 e. The van der Waals surface area contributed by atoms with Crippen LogP contribution in [0.4, 0.5) is 0 Å². The van der Waals surface area contributed by atoms with Gasteiger partial charge in [0.15, 0.2) is 0 Å². The topological polar surface area (TPSA) is 52.6 Å². The first-order chi connectivity index (χ1) is 8.60. The monoisotopic (exact) mass is 258 g/mol. The van der Waals surface area contributed by atoms with E-state index in [-0.39, 0.29) is 30.9 Å². The predicted octanol–water partition coefficient (Wildman–Crippen LogP) is 3.23. The number of rotatable bonds is 10. The molecule has 0 heterocycles. The van der Waals surface area contributed by atoms with Crippen molar-refractivity contribution in [1.82, 2.24) is 0 Å². The van der Waals surface area contributed by atoms with Crippen molar-refractivity contribution in [3.63, 3.8) is 0 Å². The number of esters is 2. The summed E-state index contributed by atoms with van der Waals surface area (Å²) in [5.74, 6) is -0.468. The molecule has 0 bridgehead atoms. The summed E-state index contributed by atoms with van der Waals surface area (Å²) < 4.78 is 10.0. The van der Waals surface area contributed by atoms with Crippen LogP contribution in [-0.2, 0) is 19.1 Å². The van der Waals surface area contributed by atoms with Crippen LogP contribution in [-0.4, -0.2) is 24.6 Å². The number of hydrogen-bond acceptors (Lipinski definition) is 4. The average molecular weight is 258 g/mol. The quantitative estimate of drug-likeness (QED) is 0.446. The van der Waals surface area contributed by atoms with Gasteiger partial charge in [-0.25, -0.2) is 0 Å². The molecule has 0 saturated heterocycles. The van der Waals surface area contributed by atoms with Crippen molar-refractivity contribution in [2.24, 2.45) is 0 Å². The second kappa shape index (κ2) is 11.1. The highest BCUT2D eigenvalue weighted by atomic mass is 16.5. The van der Waals surface area contributed by atoms with E-state index in [9.17, 15) is 9.59 Å². The van der Waals surface area contributed by atoms with Gasteiger partial charge in [-0.1, -0.05) is 19.8 Å². The molecular formula is C14H26O4. The first kappa shape index (κ1) is 16.9. The van der Waals surface area contributed by atoms with Crippen molar-refractivity contribution < 1.29 is 19.1 Å². The van der Waals surface area contributed by atoms with Gasteiger partial charge in [-0.05, 0) is 33.1 Å². The SMILES string of the molecule is CCCCCC(C)OC(=O)CCCC(=O)OCC. The molecular weight excluding hydrogens is 232 g/mol. The van der Waals surface area contributed by atoms with E-state index in [0.29, 0.717) is 13.0 Å². The zero-order valence-electron chi connectivity index (χ0n) is 11.9. The summed E-state index contributed by atoms with van der Waals surface area (Å²) >= 11 is 0. The molecule has 4 nitrogen and oxygen atoms in total. The minimum Gasteiger partial charge on any atom is -0.466 e. The van der Waals surface area contributed by atoms with E-state index in [2.05, 4.69) is 6.92 Å². The van der Waals surface area contributed by atoms with Crippen LogP contribution in [0.15, 0.2) is 0 Å². The zero-order valence-corrected chi connectivity index (χ0v) is 11.9. The Balaban J connectivity index is 3.55. The van der Waals surface area contributed by atoms with Gasteiger partial charge in [0.25, 0.3) is 0 Å². The molecule has 0 radical (unpaired) electrons. The lowest BCUT2D eigenvalue weighted by Crippen LogP contribution is -2.15. The molecule has 0 rings (SSSR count). The minimum atomic E-state index is -0.249. The number of carbonyl (C=O) groups is 2. The fourth-order valence-corrected chi connectivity index (χ4v) is 1.63. The van der Waals surface area contributed by atoms with Crippen LogP contribution < -0.4 is 0 Å². The maximum atomic E-state index is 11.5. The number of ether oxygens (including phenoxy) is 2. The van der Waals surface area contributed by atoms with Gasteiger partial charge in [-0.15, -0.1) is 0 Å². The lowest BCUT2D eigenvalue weighted by Gasteiger charge is -2.12. The van der Waals surface area contributed by atoms with Gasteiger partial charge >= 0.3 is 11.9 Å². The molecule has 0 aromatic rings. The van der Waals surface area contributed by atoms with Gasteiger partial charge in [0.05, 0.1) is 12.7 Å². The Kier molecular flexibility index (Phi) is 10.4. The van der Waals surface area contributed by atoms with Crippen molar-refractivity contribution in [3.05, 3.63) is 0 Å². The fourth-order valence-electron chi connectivity index (χ4n) is 1.63. The second-order valence-corrected chi connectivity index (χ2v) is 4.45. The molecule has 0 aliphatic rings. The van der Waals surface area contributed by atoms with Crippen LogP contribution in [0.1, 0.15) is 65.7 Å². The van der Waals surface area contributed by atoms with Crippen molar-refractivity contribution in [1.29, 1.82) is 0 Å². The van der Waals surface area contributed by atoms with Gasteiger partial charge in [0.1, 0.15) is 0 Å². The Hall–Kier alpha value is -1.06. The summed E-state index contributed by atoms with van der Waals surface area (Å²) in [7, 11) is 0. The molecule has 0 amide bonds. The fraction of sp³-hybridized carbons (Fsp3) is 0.857. The molecule has 0 aliphatic carbocycles. The summed E-state index contributed by atoms with van der Waals surface area (Å²) in [6, 6.07) is 0. The summed E-state index contributed by atoms with van der Waals surface area (Å²) in [6.45, 7) is 6.22. The summed E-state index contributed by atoms with van der Waals surface area (Å²) in [4.78, 5) is 22.5. The highest BCUT2D eigenvalue weighted by Gasteiger charge is 2.10. The van der Waals surface area contributed by atoms with Crippen LogP contribution in [0.2, 0.25) is 0 Å². The van der Waals surface area contributed by atoms with Crippen molar-refractivity contribution in [2.45, 2.75) is 71.8 Å². The van der Waals surface area contributed by atoms with E-state index in [1.807, 2.05) is 6.92 Å². The second-order valence-electron chi connectivity index (χ2n) is 4.45. The molecule has 1 atom stereocenters. The Bertz CT molecular complexity index is 238. The Morgan fingerprint density at radius 2 is 1.67 bits per heavy atom. The summed E-state index contributed by atoms with van der Waals surface area (Å²) in [5, 5.41) is 0. The molecule has 4 heteroatoms. The standard InChI is InChI=1S/C14H26O4/c1-4-6-7-9-12(3)18-14(16)11-8-10-13(15)17-5-2/h12H,4-11H2,1-3H3. The molecule has 0 fully saturated rings.